The number of benzene rings is 2. The van der Waals surface area contributed by atoms with E-state index in [4.69, 9.17) is 4.74 Å². The van der Waals surface area contributed by atoms with Gasteiger partial charge in [0, 0.05) is 5.56 Å². The summed E-state index contributed by atoms with van der Waals surface area (Å²) in [5, 5.41) is 0. The molecular weight excluding hydrogens is 267 g/mol. The van der Waals surface area contributed by atoms with Crippen molar-refractivity contribution in [3.8, 4) is 11.8 Å². The molecule has 0 bridgehead atoms. The largest absolute Gasteiger partial charge is 0.465 e. The molecule has 0 spiro atoms. The first-order valence-corrected chi connectivity index (χ1v) is 6.31. The van der Waals surface area contributed by atoms with Gasteiger partial charge in [0.1, 0.15) is 5.82 Å². The lowest BCUT2D eigenvalue weighted by molar-refractivity contribution is 0.0600. The monoisotopic (exact) mass is 280 g/mol. The Hall–Kier alpha value is -2.86. The van der Waals surface area contributed by atoms with Crippen LogP contribution in [-0.4, -0.2) is 13.1 Å². The normalized spacial score (nSPS) is 10.0. The van der Waals surface area contributed by atoms with Crippen molar-refractivity contribution in [2.45, 2.75) is 0 Å². The Bertz CT molecular complexity index is 719. The molecule has 3 heteroatoms. The van der Waals surface area contributed by atoms with Crippen molar-refractivity contribution in [1.29, 1.82) is 0 Å². The molecule has 0 unspecified atom stereocenters. The van der Waals surface area contributed by atoms with E-state index in [0.29, 0.717) is 11.1 Å². The molecule has 0 saturated heterocycles. The Balaban J connectivity index is 2.16. The number of halogens is 1. The van der Waals surface area contributed by atoms with Gasteiger partial charge in [0.15, 0.2) is 0 Å². The first-order valence-electron chi connectivity index (χ1n) is 6.31. The van der Waals surface area contributed by atoms with Gasteiger partial charge in [-0.05, 0) is 42.0 Å². The van der Waals surface area contributed by atoms with Crippen LogP contribution in [0.25, 0.3) is 6.08 Å². The molecular formula is C18H13FO2. The van der Waals surface area contributed by atoms with Crippen LogP contribution in [0.3, 0.4) is 0 Å². The van der Waals surface area contributed by atoms with Crippen LogP contribution in [0.5, 0.6) is 0 Å². The van der Waals surface area contributed by atoms with Gasteiger partial charge in [0.2, 0.25) is 0 Å². The summed E-state index contributed by atoms with van der Waals surface area (Å²) in [6, 6.07) is 13.1. The van der Waals surface area contributed by atoms with Gasteiger partial charge in [0.25, 0.3) is 0 Å². The van der Waals surface area contributed by atoms with E-state index < -0.39 is 5.97 Å². The van der Waals surface area contributed by atoms with Crippen molar-refractivity contribution < 1.29 is 13.9 Å². The molecule has 2 nitrogen and oxygen atoms in total. The van der Waals surface area contributed by atoms with E-state index >= 15 is 0 Å². The summed E-state index contributed by atoms with van der Waals surface area (Å²) in [5.74, 6) is 5.06. The lowest BCUT2D eigenvalue weighted by Gasteiger charge is -2.00. The third-order valence-corrected chi connectivity index (χ3v) is 2.77. The highest BCUT2D eigenvalue weighted by Gasteiger charge is 2.08. The predicted octanol–water partition coefficient (Wildman–Crippen LogP) is 3.68. The molecule has 0 aromatic heterocycles. The SMILES string of the molecule is COC(=O)c1ccccc1C#C/C=C/c1ccc(F)cc1. The fourth-order valence-corrected chi connectivity index (χ4v) is 1.71. The van der Waals surface area contributed by atoms with Crippen molar-refractivity contribution in [2.24, 2.45) is 0 Å². The van der Waals surface area contributed by atoms with E-state index in [1.807, 2.05) is 0 Å². The number of ether oxygens (including phenoxy) is 1. The second kappa shape index (κ2) is 7.06. The lowest BCUT2D eigenvalue weighted by atomic mass is 10.1. The highest BCUT2D eigenvalue weighted by Crippen LogP contribution is 2.09. The summed E-state index contributed by atoms with van der Waals surface area (Å²) in [4.78, 5) is 11.6. The first kappa shape index (κ1) is 14.5. The quantitative estimate of drug-likeness (QED) is 0.619. The standard InChI is InChI=1S/C18H13FO2/c1-21-18(20)17-9-5-4-8-15(17)7-3-2-6-14-10-12-16(19)13-11-14/h2,4-6,8-13H,1H3/b6-2+. The maximum atomic E-state index is 12.8. The van der Waals surface area contributed by atoms with Crippen molar-refractivity contribution in [3.05, 3.63) is 77.1 Å². The molecule has 0 saturated carbocycles. The van der Waals surface area contributed by atoms with Crippen LogP contribution in [0.15, 0.2) is 54.6 Å². The third kappa shape index (κ3) is 4.05. The van der Waals surface area contributed by atoms with Gasteiger partial charge in [-0.1, -0.05) is 36.1 Å². The Morgan fingerprint density at radius 3 is 2.57 bits per heavy atom. The van der Waals surface area contributed by atoms with Gasteiger partial charge in [-0.3, -0.25) is 0 Å². The number of rotatable bonds is 2. The van der Waals surface area contributed by atoms with Crippen LogP contribution in [0.2, 0.25) is 0 Å². The van der Waals surface area contributed by atoms with E-state index in [0.717, 1.165) is 5.56 Å². The number of methoxy groups -OCH3 is 1. The second-order valence-corrected chi connectivity index (χ2v) is 4.19. The van der Waals surface area contributed by atoms with Crippen LogP contribution in [0.1, 0.15) is 21.5 Å². The molecule has 0 radical (unpaired) electrons. The molecule has 2 aromatic rings. The number of allylic oxidation sites excluding steroid dienone is 1. The molecule has 0 aliphatic rings. The summed E-state index contributed by atoms with van der Waals surface area (Å²) in [6.45, 7) is 0. The van der Waals surface area contributed by atoms with Crippen molar-refractivity contribution in [3.63, 3.8) is 0 Å². The highest BCUT2D eigenvalue weighted by atomic mass is 19.1. The van der Waals surface area contributed by atoms with Gasteiger partial charge in [-0.15, -0.1) is 0 Å². The summed E-state index contributed by atoms with van der Waals surface area (Å²) >= 11 is 0. The number of esters is 1. The zero-order chi connectivity index (χ0) is 15.1. The van der Waals surface area contributed by atoms with Crippen LogP contribution < -0.4 is 0 Å². The van der Waals surface area contributed by atoms with Crippen molar-refractivity contribution in [2.75, 3.05) is 7.11 Å². The zero-order valence-electron chi connectivity index (χ0n) is 11.5. The number of hydrogen-bond donors (Lipinski definition) is 0. The average molecular weight is 280 g/mol. The molecule has 21 heavy (non-hydrogen) atoms. The van der Waals surface area contributed by atoms with Crippen LogP contribution >= 0.6 is 0 Å². The van der Waals surface area contributed by atoms with E-state index in [2.05, 4.69) is 11.8 Å². The maximum Gasteiger partial charge on any atom is 0.339 e. The number of carbonyl (C=O) groups excluding carboxylic acids is 1. The Labute approximate surface area is 122 Å². The van der Waals surface area contributed by atoms with Gasteiger partial charge < -0.3 is 4.74 Å². The van der Waals surface area contributed by atoms with E-state index in [9.17, 15) is 9.18 Å². The molecule has 0 atom stereocenters. The molecule has 0 fully saturated rings. The van der Waals surface area contributed by atoms with Crippen molar-refractivity contribution in [1.82, 2.24) is 0 Å². The lowest BCUT2D eigenvalue weighted by Crippen LogP contribution is -2.03. The van der Waals surface area contributed by atoms with Gasteiger partial charge in [-0.25, -0.2) is 9.18 Å². The molecule has 2 rings (SSSR count). The minimum Gasteiger partial charge on any atom is -0.465 e. The summed E-state index contributed by atoms with van der Waals surface area (Å²) in [5.41, 5.74) is 1.89. The fourth-order valence-electron chi connectivity index (χ4n) is 1.71. The minimum absolute atomic E-state index is 0.273. The Morgan fingerprint density at radius 1 is 1.14 bits per heavy atom. The van der Waals surface area contributed by atoms with E-state index in [-0.39, 0.29) is 5.82 Å². The zero-order valence-corrected chi connectivity index (χ0v) is 11.5. The average Bonchev–Trinajstić information content (AvgIpc) is 2.53. The molecule has 2 aromatic carbocycles. The molecule has 0 N–H and O–H groups in total. The summed E-state index contributed by atoms with van der Waals surface area (Å²) in [7, 11) is 1.33. The predicted molar refractivity (Wildman–Crippen MR) is 80.1 cm³/mol. The number of carbonyl (C=O) groups is 1. The first-order chi connectivity index (χ1) is 10.2. The van der Waals surface area contributed by atoms with Crippen LogP contribution in [0.4, 0.5) is 4.39 Å². The van der Waals surface area contributed by atoms with Gasteiger partial charge >= 0.3 is 5.97 Å². The number of hydrogen-bond acceptors (Lipinski definition) is 2. The molecule has 0 amide bonds. The molecule has 0 aliphatic heterocycles. The fraction of sp³-hybridized carbons (Fsp3) is 0.0556. The smallest absolute Gasteiger partial charge is 0.339 e. The molecule has 0 aliphatic carbocycles. The highest BCUT2D eigenvalue weighted by molar-refractivity contribution is 5.92. The Morgan fingerprint density at radius 2 is 1.86 bits per heavy atom. The van der Waals surface area contributed by atoms with Crippen molar-refractivity contribution >= 4 is 12.0 Å². The minimum atomic E-state index is -0.414. The maximum absolute atomic E-state index is 12.8. The van der Waals surface area contributed by atoms with E-state index in [1.165, 1.54) is 19.2 Å². The third-order valence-electron chi connectivity index (χ3n) is 2.77. The van der Waals surface area contributed by atoms with Gasteiger partial charge in [-0.2, -0.15) is 0 Å². The molecule has 0 heterocycles. The van der Waals surface area contributed by atoms with E-state index in [1.54, 1.807) is 48.6 Å². The van der Waals surface area contributed by atoms with Crippen LogP contribution in [-0.2, 0) is 4.74 Å². The summed E-state index contributed by atoms with van der Waals surface area (Å²) < 4.78 is 17.5. The second-order valence-electron chi connectivity index (χ2n) is 4.19. The van der Waals surface area contributed by atoms with Crippen LogP contribution in [0, 0.1) is 17.7 Å². The van der Waals surface area contributed by atoms with Gasteiger partial charge in [0.05, 0.1) is 12.7 Å². The summed E-state index contributed by atoms with van der Waals surface area (Å²) in [6.07, 6.45) is 3.43. The molecule has 104 valence electrons. The Kier molecular flexibility index (Phi) is 4.89. The topological polar surface area (TPSA) is 26.3 Å².